The number of fused-ring (bicyclic) bond motifs is 1. The normalized spacial score (nSPS) is 20.0. The predicted octanol–water partition coefficient (Wildman–Crippen LogP) is 4.86. The van der Waals surface area contributed by atoms with Gasteiger partial charge in [0.15, 0.2) is 0 Å². The van der Waals surface area contributed by atoms with E-state index in [4.69, 9.17) is 26.3 Å². The second-order valence-electron chi connectivity index (χ2n) is 6.40. The lowest BCUT2D eigenvalue weighted by atomic mass is 9.91. The van der Waals surface area contributed by atoms with Gasteiger partial charge in [0.1, 0.15) is 5.75 Å². The Morgan fingerprint density at radius 2 is 1.82 bits per heavy atom. The van der Waals surface area contributed by atoms with Gasteiger partial charge in [-0.05, 0) is 25.0 Å². The fourth-order valence-corrected chi connectivity index (χ4v) is 3.40. The third-order valence-corrected chi connectivity index (χ3v) is 4.92. The number of aliphatic hydroxyl groups excluding tert-OH is 1. The molecule has 3 atom stereocenters. The zero-order chi connectivity index (χ0) is 19.8. The Morgan fingerprint density at radius 1 is 1.07 bits per heavy atom. The first kappa shape index (κ1) is 20.8. The number of rotatable bonds is 9. The predicted molar refractivity (Wildman–Crippen MR) is 104 cm³/mol. The summed E-state index contributed by atoms with van der Waals surface area (Å²) in [7, 11) is 0. The van der Waals surface area contributed by atoms with Crippen LogP contribution in [0, 0.1) is 5.92 Å². The van der Waals surface area contributed by atoms with E-state index in [9.17, 15) is 5.11 Å². The largest absolute Gasteiger partial charge is 0.460 e. The molecule has 0 saturated heterocycles. The monoisotopic (exact) mass is 406 g/mol. The van der Waals surface area contributed by atoms with E-state index in [1.165, 1.54) is 0 Å². The highest BCUT2D eigenvalue weighted by Gasteiger charge is 2.35. The number of para-hydroxylation sites is 1. The number of hydrogen-bond acceptors (Lipinski definition) is 6. The highest BCUT2D eigenvalue weighted by Crippen LogP contribution is 2.45. The first-order valence-corrected chi connectivity index (χ1v) is 9.46. The summed E-state index contributed by atoms with van der Waals surface area (Å²) < 4.78 is 12.3. The van der Waals surface area contributed by atoms with Gasteiger partial charge in [0.05, 0.1) is 17.7 Å². The van der Waals surface area contributed by atoms with Crippen LogP contribution in [0.1, 0.15) is 36.4 Å². The van der Waals surface area contributed by atoms with Crippen molar-refractivity contribution >= 4 is 11.6 Å². The van der Waals surface area contributed by atoms with E-state index < -0.39 is 6.29 Å². The molecule has 1 aliphatic rings. The molecule has 150 valence electrons. The summed E-state index contributed by atoms with van der Waals surface area (Å²) >= 11 is 6.33. The highest BCUT2D eigenvalue weighted by atomic mass is 35.5. The van der Waals surface area contributed by atoms with Crippen molar-refractivity contribution in [2.45, 2.75) is 25.2 Å². The molecule has 0 spiro atoms. The zero-order valence-electron chi connectivity index (χ0n) is 15.2. The first-order chi connectivity index (χ1) is 13.7. The molecule has 2 N–H and O–H groups in total. The van der Waals surface area contributed by atoms with Crippen molar-refractivity contribution in [3.05, 3.63) is 76.8 Å². The third-order valence-electron chi connectivity index (χ3n) is 4.58. The minimum absolute atomic E-state index is 0.0468. The topological polar surface area (TPSA) is 77.4 Å². The molecule has 7 heteroatoms. The van der Waals surface area contributed by atoms with Crippen molar-refractivity contribution in [1.82, 2.24) is 0 Å². The molecule has 0 bridgehead atoms. The molecule has 2 aromatic carbocycles. The van der Waals surface area contributed by atoms with Crippen LogP contribution in [0.15, 0.2) is 60.7 Å². The van der Waals surface area contributed by atoms with Crippen LogP contribution in [0.5, 0.6) is 5.75 Å². The summed E-state index contributed by atoms with van der Waals surface area (Å²) in [5.41, 5.74) is 1.65. The van der Waals surface area contributed by atoms with Gasteiger partial charge in [-0.1, -0.05) is 65.2 Å². The molecule has 0 radical (unpaired) electrons. The molecule has 0 aromatic heterocycles. The minimum atomic E-state index is -0.651. The van der Waals surface area contributed by atoms with Gasteiger partial charge in [-0.3, -0.25) is 0 Å². The van der Waals surface area contributed by atoms with Crippen molar-refractivity contribution in [2.75, 3.05) is 13.2 Å². The molecule has 6 nitrogen and oxygen atoms in total. The molecule has 0 aliphatic carbocycles. The molecule has 28 heavy (non-hydrogen) atoms. The molecule has 1 aliphatic heterocycles. The molecule has 3 unspecified atom stereocenters. The third kappa shape index (κ3) is 5.11. The van der Waals surface area contributed by atoms with Crippen LogP contribution in [0.2, 0.25) is 5.02 Å². The van der Waals surface area contributed by atoms with Crippen molar-refractivity contribution in [1.29, 1.82) is 0 Å². The van der Waals surface area contributed by atoms with Gasteiger partial charge >= 0.3 is 0 Å². The molecule has 1 heterocycles. The Bertz CT molecular complexity index is 781. The lowest BCUT2D eigenvalue weighted by molar-refractivity contribution is -0.490. The van der Waals surface area contributed by atoms with E-state index in [-0.39, 0.29) is 25.2 Å². The lowest BCUT2D eigenvalue weighted by Gasteiger charge is -2.36. The highest BCUT2D eigenvalue weighted by molar-refractivity contribution is 6.31. The summed E-state index contributed by atoms with van der Waals surface area (Å²) in [6.07, 6.45) is 4.03. The number of hydrogen-bond donors (Lipinski definition) is 2. The maximum absolute atomic E-state index is 10.00. The molecule has 0 fully saturated rings. The first-order valence-electron chi connectivity index (χ1n) is 9.09. The minimum Gasteiger partial charge on any atom is -0.460 e. The van der Waals surface area contributed by atoms with Gasteiger partial charge < -0.3 is 14.6 Å². The number of halogens is 1. The Morgan fingerprint density at radius 3 is 2.57 bits per heavy atom. The number of ether oxygens (including phenoxy) is 2. The molecule has 2 aromatic rings. The fraction of sp³-hybridized carbons (Fsp3) is 0.333. The van der Waals surface area contributed by atoms with E-state index in [2.05, 4.69) is 9.93 Å². The van der Waals surface area contributed by atoms with E-state index in [0.717, 1.165) is 16.9 Å². The Balaban J connectivity index is 1.78. The Labute approximate surface area is 168 Å². The van der Waals surface area contributed by atoms with Crippen molar-refractivity contribution in [2.24, 2.45) is 5.92 Å². The number of benzene rings is 2. The summed E-state index contributed by atoms with van der Waals surface area (Å²) in [6.45, 7) is 0.191. The van der Waals surface area contributed by atoms with Crippen LogP contribution >= 0.6 is 11.6 Å². The summed E-state index contributed by atoms with van der Waals surface area (Å²) in [6, 6.07) is 15.1. The smallest absolute Gasteiger partial charge is 0.228 e. The average molecular weight is 407 g/mol. The SMILES string of the molecule is OCC(C/C=C\CCOOO)C1OC(c2ccccc2Cl)Oc2ccccc21. The maximum atomic E-state index is 10.00. The molecule has 0 saturated carbocycles. The second kappa shape index (κ2) is 10.6. The summed E-state index contributed by atoms with van der Waals surface area (Å²) in [5.74, 6) is 0.556. The molecular weight excluding hydrogens is 384 g/mol. The molecule has 0 amide bonds. The Kier molecular flexibility index (Phi) is 7.85. The van der Waals surface area contributed by atoms with Crippen molar-refractivity contribution in [3.8, 4) is 5.75 Å². The van der Waals surface area contributed by atoms with E-state index in [0.29, 0.717) is 17.9 Å². The molecular formula is C21H23ClO6. The number of allylic oxidation sites excluding steroid dienone is 1. The second-order valence-corrected chi connectivity index (χ2v) is 6.81. The number of aliphatic hydroxyl groups is 1. The Hall–Kier alpha value is -1.93. The van der Waals surface area contributed by atoms with Gasteiger partial charge in [0.2, 0.25) is 6.29 Å². The van der Waals surface area contributed by atoms with Crippen molar-refractivity contribution in [3.63, 3.8) is 0 Å². The average Bonchev–Trinajstić information content (AvgIpc) is 2.73. The van der Waals surface area contributed by atoms with E-state index in [1.807, 2.05) is 54.6 Å². The van der Waals surface area contributed by atoms with Gasteiger partial charge in [0, 0.05) is 23.7 Å². The van der Waals surface area contributed by atoms with Crippen LogP contribution in [0.4, 0.5) is 0 Å². The standard InChI is InChI=1S/C21H23ClO6/c22-18-11-5-3-9-16(18)21-26-19-12-6-4-10-17(19)20(27-21)15(14-23)8-2-1-7-13-25-28-24/h1-6,9-12,15,20-21,23-24H,7-8,13-14H2/b2-1-. The zero-order valence-corrected chi connectivity index (χ0v) is 16.0. The van der Waals surface area contributed by atoms with Crippen LogP contribution in [0.3, 0.4) is 0 Å². The van der Waals surface area contributed by atoms with Crippen molar-refractivity contribution < 1.29 is 29.8 Å². The van der Waals surface area contributed by atoms with Crippen LogP contribution < -0.4 is 4.74 Å². The quantitative estimate of drug-likeness (QED) is 0.268. The van der Waals surface area contributed by atoms with Crippen LogP contribution in [0.25, 0.3) is 0 Å². The van der Waals surface area contributed by atoms with Gasteiger partial charge in [-0.25, -0.2) is 10.1 Å². The van der Waals surface area contributed by atoms with Gasteiger partial charge in [-0.2, -0.15) is 0 Å². The maximum Gasteiger partial charge on any atom is 0.228 e. The van der Waals surface area contributed by atoms with Gasteiger partial charge in [-0.15, -0.1) is 0 Å². The summed E-state index contributed by atoms with van der Waals surface area (Å²) in [5, 5.41) is 22.3. The molecule has 3 rings (SSSR count). The summed E-state index contributed by atoms with van der Waals surface area (Å²) in [4.78, 5) is 4.41. The van der Waals surface area contributed by atoms with Crippen LogP contribution in [-0.2, 0) is 14.7 Å². The van der Waals surface area contributed by atoms with E-state index in [1.54, 1.807) is 6.07 Å². The van der Waals surface area contributed by atoms with Crippen LogP contribution in [-0.4, -0.2) is 23.6 Å². The van der Waals surface area contributed by atoms with E-state index >= 15 is 0 Å². The fourth-order valence-electron chi connectivity index (χ4n) is 3.18. The lowest BCUT2D eigenvalue weighted by Crippen LogP contribution is -2.28. The van der Waals surface area contributed by atoms with Gasteiger partial charge in [0.25, 0.3) is 0 Å².